The summed E-state index contributed by atoms with van der Waals surface area (Å²) in [7, 11) is 0. The third-order valence-electron chi connectivity index (χ3n) is 4.32. The Bertz CT molecular complexity index is 478. The number of rotatable bonds is 5. The molecule has 4 heteroatoms. The second-order valence-electron chi connectivity index (χ2n) is 6.15. The lowest BCUT2D eigenvalue weighted by Crippen LogP contribution is -2.49. The van der Waals surface area contributed by atoms with E-state index in [9.17, 15) is 9.18 Å². The van der Waals surface area contributed by atoms with Gasteiger partial charge < -0.3 is 10.6 Å². The second kappa shape index (κ2) is 7.55. The van der Waals surface area contributed by atoms with Crippen LogP contribution in [0.1, 0.15) is 32.3 Å². The number of nitrogens with one attached hydrogen (secondary N) is 2. The molecule has 0 aliphatic carbocycles. The molecule has 1 saturated heterocycles. The molecule has 1 fully saturated rings. The van der Waals surface area contributed by atoms with Crippen LogP contribution in [-0.4, -0.2) is 25.0 Å². The van der Waals surface area contributed by atoms with Crippen molar-refractivity contribution in [1.29, 1.82) is 0 Å². The van der Waals surface area contributed by atoms with Gasteiger partial charge in [-0.3, -0.25) is 4.79 Å². The Labute approximate surface area is 126 Å². The molecule has 0 aromatic heterocycles. The van der Waals surface area contributed by atoms with Crippen LogP contribution in [0.25, 0.3) is 0 Å². The number of piperidine rings is 1. The van der Waals surface area contributed by atoms with Gasteiger partial charge >= 0.3 is 0 Å². The molecule has 0 bridgehead atoms. The first-order chi connectivity index (χ1) is 10.1. The fourth-order valence-corrected chi connectivity index (χ4v) is 2.76. The highest BCUT2D eigenvalue weighted by atomic mass is 19.1. The molecule has 1 amide bonds. The quantitative estimate of drug-likeness (QED) is 0.875. The summed E-state index contributed by atoms with van der Waals surface area (Å²) in [6, 6.07) is 6.88. The molecule has 1 heterocycles. The number of halogens is 1. The Morgan fingerprint density at radius 1 is 1.52 bits per heavy atom. The number of aryl methyl sites for hydroxylation is 1. The molecule has 3 nitrogen and oxygen atoms in total. The molecule has 2 rings (SSSR count). The van der Waals surface area contributed by atoms with Crippen molar-refractivity contribution < 1.29 is 9.18 Å². The molecule has 3 atom stereocenters. The number of hydrogen-bond acceptors (Lipinski definition) is 2. The van der Waals surface area contributed by atoms with E-state index in [0.717, 1.165) is 37.9 Å². The van der Waals surface area contributed by atoms with Gasteiger partial charge in [0.1, 0.15) is 5.82 Å². The highest BCUT2D eigenvalue weighted by Gasteiger charge is 2.24. The summed E-state index contributed by atoms with van der Waals surface area (Å²) in [5, 5.41) is 6.50. The zero-order valence-electron chi connectivity index (χ0n) is 12.9. The summed E-state index contributed by atoms with van der Waals surface area (Å²) in [4.78, 5) is 12.2. The molecule has 2 N–H and O–H groups in total. The Hall–Kier alpha value is -1.42. The molecular formula is C17H25FN2O. The molecule has 1 aromatic carbocycles. The summed E-state index contributed by atoms with van der Waals surface area (Å²) in [5.41, 5.74) is 0.949. The largest absolute Gasteiger partial charge is 0.353 e. The first-order valence-corrected chi connectivity index (χ1v) is 7.82. The normalized spacial score (nSPS) is 23.6. The molecule has 0 spiro atoms. The van der Waals surface area contributed by atoms with Gasteiger partial charge in [0, 0.05) is 12.0 Å². The molecule has 21 heavy (non-hydrogen) atoms. The van der Waals surface area contributed by atoms with E-state index in [1.54, 1.807) is 12.1 Å². The highest BCUT2D eigenvalue weighted by molar-refractivity contribution is 5.78. The predicted octanol–water partition coefficient (Wildman–Crippen LogP) is 2.51. The third-order valence-corrected chi connectivity index (χ3v) is 4.32. The summed E-state index contributed by atoms with van der Waals surface area (Å²) >= 11 is 0. The fraction of sp³-hybridized carbons (Fsp3) is 0.588. The molecule has 0 saturated carbocycles. The SMILES string of the molecule is CC(CCc1cccc(F)c1)C(=O)NC1CCNCC1C. The van der Waals surface area contributed by atoms with Crippen molar-refractivity contribution in [2.24, 2.45) is 11.8 Å². The zero-order chi connectivity index (χ0) is 15.2. The van der Waals surface area contributed by atoms with Crippen molar-refractivity contribution >= 4 is 5.91 Å². The molecule has 1 aromatic rings. The summed E-state index contributed by atoms with van der Waals surface area (Å²) in [5.74, 6) is 0.326. The maximum atomic E-state index is 13.1. The van der Waals surface area contributed by atoms with E-state index in [2.05, 4.69) is 17.6 Å². The molecule has 116 valence electrons. The van der Waals surface area contributed by atoms with Crippen molar-refractivity contribution in [2.45, 2.75) is 39.2 Å². The van der Waals surface area contributed by atoms with E-state index in [1.165, 1.54) is 6.07 Å². The topological polar surface area (TPSA) is 41.1 Å². The van der Waals surface area contributed by atoms with Crippen molar-refractivity contribution in [3.63, 3.8) is 0 Å². The first kappa shape index (κ1) is 16.0. The van der Waals surface area contributed by atoms with Gasteiger partial charge in [-0.25, -0.2) is 4.39 Å². The lowest BCUT2D eigenvalue weighted by molar-refractivity contribution is -0.125. The monoisotopic (exact) mass is 292 g/mol. The van der Waals surface area contributed by atoms with Gasteiger partial charge in [-0.05, 0) is 56.0 Å². The number of amides is 1. The van der Waals surface area contributed by atoms with Crippen LogP contribution in [0.4, 0.5) is 4.39 Å². The van der Waals surface area contributed by atoms with E-state index in [4.69, 9.17) is 0 Å². The lowest BCUT2D eigenvalue weighted by Gasteiger charge is -2.31. The van der Waals surface area contributed by atoms with Gasteiger partial charge in [-0.2, -0.15) is 0 Å². The van der Waals surface area contributed by atoms with E-state index < -0.39 is 0 Å². The number of carbonyl (C=O) groups is 1. The minimum atomic E-state index is -0.215. The van der Waals surface area contributed by atoms with Gasteiger partial charge in [0.2, 0.25) is 5.91 Å². The zero-order valence-corrected chi connectivity index (χ0v) is 12.9. The Balaban J connectivity index is 1.79. The van der Waals surface area contributed by atoms with Crippen molar-refractivity contribution in [1.82, 2.24) is 10.6 Å². The van der Waals surface area contributed by atoms with Gasteiger partial charge in [0.25, 0.3) is 0 Å². The average molecular weight is 292 g/mol. The summed E-state index contributed by atoms with van der Waals surface area (Å²) < 4.78 is 13.1. The number of benzene rings is 1. The minimum Gasteiger partial charge on any atom is -0.353 e. The van der Waals surface area contributed by atoms with Crippen LogP contribution in [0.5, 0.6) is 0 Å². The van der Waals surface area contributed by atoms with Gasteiger partial charge in [-0.1, -0.05) is 26.0 Å². The number of carbonyl (C=O) groups excluding carboxylic acids is 1. The van der Waals surface area contributed by atoms with Crippen molar-refractivity contribution in [3.8, 4) is 0 Å². The summed E-state index contributed by atoms with van der Waals surface area (Å²) in [6.07, 6.45) is 2.46. The van der Waals surface area contributed by atoms with E-state index in [0.29, 0.717) is 5.92 Å². The van der Waals surface area contributed by atoms with E-state index in [-0.39, 0.29) is 23.7 Å². The average Bonchev–Trinajstić information content (AvgIpc) is 2.47. The lowest BCUT2D eigenvalue weighted by atomic mass is 9.93. The van der Waals surface area contributed by atoms with Crippen molar-refractivity contribution in [3.05, 3.63) is 35.6 Å². The predicted molar refractivity (Wildman–Crippen MR) is 82.5 cm³/mol. The maximum Gasteiger partial charge on any atom is 0.223 e. The van der Waals surface area contributed by atoms with Gasteiger partial charge in [-0.15, -0.1) is 0 Å². The molecule has 1 aliphatic heterocycles. The standard InChI is InChI=1S/C17H25FN2O/c1-12(6-7-14-4-3-5-15(18)10-14)17(21)20-16-8-9-19-11-13(16)2/h3-5,10,12-13,16,19H,6-9,11H2,1-2H3,(H,20,21). The second-order valence-corrected chi connectivity index (χ2v) is 6.15. The van der Waals surface area contributed by atoms with Crippen LogP contribution in [0.2, 0.25) is 0 Å². The first-order valence-electron chi connectivity index (χ1n) is 7.82. The maximum absolute atomic E-state index is 13.1. The van der Waals surface area contributed by atoms with Crippen LogP contribution in [-0.2, 0) is 11.2 Å². The van der Waals surface area contributed by atoms with Crippen molar-refractivity contribution in [2.75, 3.05) is 13.1 Å². The van der Waals surface area contributed by atoms with Crippen LogP contribution < -0.4 is 10.6 Å². The highest BCUT2D eigenvalue weighted by Crippen LogP contribution is 2.14. The van der Waals surface area contributed by atoms with E-state index >= 15 is 0 Å². The smallest absolute Gasteiger partial charge is 0.223 e. The molecule has 0 radical (unpaired) electrons. The van der Waals surface area contributed by atoms with E-state index in [1.807, 2.05) is 13.0 Å². The third kappa shape index (κ3) is 4.81. The molecule has 3 unspecified atom stereocenters. The molecular weight excluding hydrogens is 267 g/mol. The fourth-order valence-electron chi connectivity index (χ4n) is 2.76. The van der Waals surface area contributed by atoms with Gasteiger partial charge in [0.05, 0.1) is 0 Å². The van der Waals surface area contributed by atoms with Gasteiger partial charge in [0.15, 0.2) is 0 Å². The van der Waals surface area contributed by atoms with Crippen LogP contribution in [0, 0.1) is 17.7 Å². The molecule has 1 aliphatic rings. The Morgan fingerprint density at radius 2 is 2.33 bits per heavy atom. The number of hydrogen-bond donors (Lipinski definition) is 2. The van der Waals surface area contributed by atoms with Crippen LogP contribution in [0.15, 0.2) is 24.3 Å². The minimum absolute atomic E-state index is 0.0460. The Morgan fingerprint density at radius 3 is 3.05 bits per heavy atom. The Kier molecular flexibility index (Phi) is 5.74. The van der Waals surface area contributed by atoms with Crippen LogP contribution >= 0.6 is 0 Å². The summed E-state index contributed by atoms with van der Waals surface area (Å²) in [6.45, 7) is 6.03. The van der Waals surface area contributed by atoms with Crippen LogP contribution in [0.3, 0.4) is 0 Å².